The standard InChI is InChI=1S/C16H28N4O2/c1-14-10-18-19(2)15(14)11-17-12-16(4-3-7-22-13-16)20-5-8-21-9-6-20/h10,17H,3-9,11-13H2,1-2H3. The Morgan fingerprint density at radius 1 is 1.27 bits per heavy atom. The molecule has 2 saturated heterocycles. The van der Waals surface area contributed by atoms with E-state index in [0.29, 0.717) is 0 Å². The highest BCUT2D eigenvalue weighted by atomic mass is 16.5. The van der Waals surface area contributed by atoms with Crippen LogP contribution >= 0.6 is 0 Å². The number of aryl methyl sites for hydroxylation is 2. The van der Waals surface area contributed by atoms with Crippen LogP contribution in [0, 0.1) is 6.92 Å². The van der Waals surface area contributed by atoms with E-state index in [1.54, 1.807) is 0 Å². The van der Waals surface area contributed by atoms with Gasteiger partial charge in [0.1, 0.15) is 0 Å². The molecule has 3 heterocycles. The predicted octanol–water partition coefficient (Wildman–Crippen LogP) is 0.700. The molecule has 2 fully saturated rings. The van der Waals surface area contributed by atoms with E-state index in [2.05, 4.69) is 22.2 Å². The van der Waals surface area contributed by atoms with Gasteiger partial charge in [-0.1, -0.05) is 0 Å². The Bertz CT molecular complexity index is 457. The van der Waals surface area contributed by atoms with Gasteiger partial charge >= 0.3 is 0 Å². The molecule has 0 aliphatic carbocycles. The van der Waals surface area contributed by atoms with E-state index in [1.807, 2.05) is 17.9 Å². The van der Waals surface area contributed by atoms with E-state index in [-0.39, 0.29) is 5.54 Å². The molecule has 6 nitrogen and oxygen atoms in total. The third kappa shape index (κ3) is 3.35. The quantitative estimate of drug-likeness (QED) is 0.868. The van der Waals surface area contributed by atoms with Gasteiger partial charge in [-0.15, -0.1) is 0 Å². The van der Waals surface area contributed by atoms with Gasteiger partial charge in [-0.05, 0) is 25.3 Å². The van der Waals surface area contributed by atoms with Gasteiger partial charge < -0.3 is 14.8 Å². The summed E-state index contributed by atoms with van der Waals surface area (Å²) in [5.74, 6) is 0. The first-order valence-corrected chi connectivity index (χ1v) is 8.30. The van der Waals surface area contributed by atoms with Crippen LogP contribution in [0.2, 0.25) is 0 Å². The van der Waals surface area contributed by atoms with Crippen LogP contribution in [0.25, 0.3) is 0 Å². The van der Waals surface area contributed by atoms with Crippen LogP contribution in [-0.4, -0.2) is 66.3 Å². The molecule has 0 spiro atoms. The monoisotopic (exact) mass is 308 g/mol. The van der Waals surface area contributed by atoms with Crippen molar-refractivity contribution in [3.05, 3.63) is 17.5 Å². The Morgan fingerprint density at radius 2 is 2.09 bits per heavy atom. The lowest BCUT2D eigenvalue weighted by molar-refractivity contribution is -0.0851. The van der Waals surface area contributed by atoms with Crippen molar-refractivity contribution in [3.8, 4) is 0 Å². The molecule has 1 unspecified atom stereocenters. The minimum atomic E-state index is 0.120. The van der Waals surface area contributed by atoms with E-state index >= 15 is 0 Å². The molecule has 0 bridgehead atoms. The first-order chi connectivity index (χ1) is 10.7. The molecule has 0 radical (unpaired) electrons. The zero-order valence-corrected chi connectivity index (χ0v) is 13.8. The van der Waals surface area contributed by atoms with Crippen molar-refractivity contribution in [3.63, 3.8) is 0 Å². The molecule has 0 amide bonds. The summed E-state index contributed by atoms with van der Waals surface area (Å²) in [4.78, 5) is 2.57. The molecule has 1 atom stereocenters. The predicted molar refractivity (Wildman–Crippen MR) is 84.8 cm³/mol. The molecule has 124 valence electrons. The summed E-state index contributed by atoms with van der Waals surface area (Å²) in [7, 11) is 2.01. The molecule has 1 N–H and O–H groups in total. The van der Waals surface area contributed by atoms with Crippen molar-refractivity contribution in [1.82, 2.24) is 20.0 Å². The molecule has 2 aliphatic heterocycles. The SMILES string of the molecule is Cc1cnn(C)c1CNCC1(N2CCOCC2)CCCOC1. The molecule has 2 aliphatic rings. The fraction of sp³-hybridized carbons (Fsp3) is 0.812. The molecule has 1 aromatic heterocycles. The number of nitrogens with zero attached hydrogens (tertiary/aromatic N) is 3. The Kier molecular flexibility index (Phi) is 5.13. The normalized spacial score (nSPS) is 27.2. The fourth-order valence-corrected chi connectivity index (χ4v) is 3.62. The fourth-order valence-electron chi connectivity index (χ4n) is 3.62. The maximum absolute atomic E-state index is 5.83. The first kappa shape index (κ1) is 15.9. The van der Waals surface area contributed by atoms with E-state index in [4.69, 9.17) is 9.47 Å². The minimum Gasteiger partial charge on any atom is -0.379 e. The summed E-state index contributed by atoms with van der Waals surface area (Å²) < 4.78 is 13.3. The summed E-state index contributed by atoms with van der Waals surface area (Å²) >= 11 is 0. The lowest BCUT2D eigenvalue weighted by atomic mass is 9.89. The number of hydrogen-bond donors (Lipinski definition) is 1. The van der Waals surface area contributed by atoms with Gasteiger partial charge in [0.15, 0.2) is 0 Å². The molecule has 0 aromatic carbocycles. The van der Waals surface area contributed by atoms with Gasteiger partial charge in [-0.25, -0.2) is 0 Å². The number of hydrogen-bond acceptors (Lipinski definition) is 5. The first-order valence-electron chi connectivity index (χ1n) is 8.30. The number of aromatic nitrogens is 2. The maximum atomic E-state index is 5.83. The van der Waals surface area contributed by atoms with Crippen LogP contribution in [0.15, 0.2) is 6.20 Å². The molecule has 6 heteroatoms. The number of ether oxygens (including phenoxy) is 2. The van der Waals surface area contributed by atoms with Gasteiger partial charge in [-0.3, -0.25) is 9.58 Å². The molecule has 3 rings (SSSR count). The van der Waals surface area contributed by atoms with Crippen molar-refractivity contribution in [2.45, 2.75) is 31.8 Å². The second-order valence-corrected chi connectivity index (χ2v) is 6.48. The summed E-state index contributed by atoms with van der Waals surface area (Å²) in [6.07, 6.45) is 4.27. The summed E-state index contributed by atoms with van der Waals surface area (Å²) in [6, 6.07) is 0. The number of morpholine rings is 1. The Morgan fingerprint density at radius 3 is 2.73 bits per heavy atom. The maximum Gasteiger partial charge on any atom is 0.0662 e. The van der Waals surface area contributed by atoms with Gasteiger partial charge in [0, 0.05) is 39.8 Å². The lowest BCUT2D eigenvalue weighted by Crippen LogP contribution is -2.62. The van der Waals surface area contributed by atoms with Crippen LogP contribution in [0.4, 0.5) is 0 Å². The van der Waals surface area contributed by atoms with Gasteiger partial charge in [0.2, 0.25) is 0 Å². The zero-order valence-electron chi connectivity index (χ0n) is 13.8. The van der Waals surface area contributed by atoms with Gasteiger partial charge in [0.05, 0.1) is 37.3 Å². The van der Waals surface area contributed by atoms with Crippen LogP contribution in [-0.2, 0) is 23.1 Å². The summed E-state index contributed by atoms with van der Waals surface area (Å²) in [5, 5.41) is 7.97. The Labute approximate surface area is 132 Å². The summed E-state index contributed by atoms with van der Waals surface area (Å²) in [5.41, 5.74) is 2.62. The van der Waals surface area contributed by atoms with Gasteiger partial charge in [0.25, 0.3) is 0 Å². The van der Waals surface area contributed by atoms with Crippen molar-refractivity contribution in [2.75, 3.05) is 46.1 Å². The van der Waals surface area contributed by atoms with E-state index in [0.717, 1.165) is 59.0 Å². The van der Waals surface area contributed by atoms with Crippen LogP contribution in [0.1, 0.15) is 24.1 Å². The minimum absolute atomic E-state index is 0.120. The number of rotatable bonds is 5. The molecular formula is C16H28N4O2. The zero-order chi connectivity index (χ0) is 15.4. The van der Waals surface area contributed by atoms with Crippen LogP contribution in [0.3, 0.4) is 0 Å². The van der Waals surface area contributed by atoms with Crippen molar-refractivity contribution in [1.29, 1.82) is 0 Å². The highest BCUT2D eigenvalue weighted by Crippen LogP contribution is 2.27. The average molecular weight is 308 g/mol. The molecular weight excluding hydrogens is 280 g/mol. The Balaban J connectivity index is 1.62. The second-order valence-electron chi connectivity index (χ2n) is 6.48. The second kappa shape index (κ2) is 7.08. The van der Waals surface area contributed by atoms with Crippen LogP contribution in [0.5, 0.6) is 0 Å². The third-order valence-electron chi connectivity index (χ3n) is 5.00. The van der Waals surface area contributed by atoms with Crippen molar-refractivity contribution < 1.29 is 9.47 Å². The van der Waals surface area contributed by atoms with Crippen molar-refractivity contribution >= 4 is 0 Å². The van der Waals surface area contributed by atoms with Gasteiger partial charge in [-0.2, -0.15) is 5.10 Å². The molecule has 1 aromatic rings. The molecule has 22 heavy (non-hydrogen) atoms. The number of nitrogens with one attached hydrogen (secondary N) is 1. The topological polar surface area (TPSA) is 51.6 Å². The van der Waals surface area contributed by atoms with E-state index in [9.17, 15) is 0 Å². The third-order valence-corrected chi connectivity index (χ3v) is 5.00. The lowest BCUT2D eigenvalue weighted by Gasteiger charge is -2.47. The van der Waals surface area contributed by atoms with Crippen molar-refractivity contribution in [2.24, 2.45) is 7.05 Å². The highest BCUT2D eigenvalue weighted by Gasteiger charge is 2.39. The summed E-state index contributed by atoms with van der Waals surface area (Å²) in [6.45, 7) is 9.34. The Hall–Kier alpha value is -0.950. The van der Waals surface area contributed by atoms with E-state index in [1.165, 1.54) is 17.7 Å². The average Bonchev–Trinajstić information content (AvgIpc) is 2.88. The molecule has 0 saturated carbocycles. The van der Waals surface area contributed by atoms with Crippen LogP contribution < -0.4 is 5.32 Å². The highest BCUT2D eigenvalue weighted by molar-refractivity contribution is 5.15. The van der Waals surface area contributed by atoms with E-state index < -0.39 is 0 Å². The largest absolute Gasteiger partial charge is 0.379 e. The smallest absolute Gasteiger partial charge is 0.0662 e.